The summed E-state index contributed by atoms with van der Waals surface area (Å²) in [5.41, 5.74) is 9.51. The van der Waals surface area contributed by atoms with Crippen molar-refractivity contribution in [2.45, 2.75) is 11.8 Å². The Morgan fingerprint density at radius 3 is 1.65 bits per heavy atom. The molecule has 0 saturated carbocycles. The first-order valence-electron chi connectivity index (χ1n) is 4.16. The van der Waals surface area contributed by atoms with E-state index >= 15 is 0 Å². The highest BCUT2D eigenvalue weighted by molar-refractivity contribution is 7.89. The number of rotatable bonds is 1. The fourth-order valence-electron chi connectivity index (χ4n) is 0.728. The van der Waals surface area contributed by atoms with Gasteiger partial charge in [-0.05, 0) is 19.1 Å². The quantitative estimate of drug-likeness (QED) is 0.624. The van der Waals surface area contributed by atoms with Crippen LogP contribution in [0.1, 0.15) is 5.56 Å². The lowest BCUT2D eigenvalue weighted by atomic mass is 10.2. The SMILES string of the molecule is C=O.Cc1ccc(S(N)(=O)=O)cc1.NC(N)=O. The molecule has 0 aromatic heterocycles. The van der Waals surface area contributed by atoms with Gasteiger partial charge in [0, 0.05) is 0 Å². The zero-order valence-corrected chi connectivity index (χ0v) is 10.1. The number of benzene rings is 1. The normalized spacial score (nSPS) is 9.06. The lowest BCUT2D eigenvalue weighted by molar-refractivity contribution is -0.0980. The maximum Gasteiger partial charge on any atom is 0.309 e. The van der Waals surface area contributed by atoms with Crippen molar-refractivity contribution in [1.82, 2.24) is 0 Å². The van der Waals surface area contributed by atoms with Crippen molar-refractivity contribution in [3.63, 3.8) is 0 Å². The third-order valence-electron chi connectivity index (χ3n) is 1.35. The van der Waals surface area contributed by atoms with Crippen molar-refractivity contribution >= 4 is 22.8 Å². The van der Waals surface area contributed by atoms with Crippen molar-refractivity contribution in [2.24, 2.45) is 16.6 Å². The monoisotopic (exact) mass is 261 g/mol. The second-order valence-corrected chi connectivity index (χ2v) is 4.32. The number of urea groups is 1. The van der Waals surface area contributed by atoms with Crippen LogP contribution in [0.25, 0.3) is 0 Å². The minimum absolute atomic E-state index is 0.156. The Bertz CT molecular complexity index is 438. The van der Waals surface area contributed by atoms with E-state index in [9.17, 15) is 8.42 Å². The summed E-state index contributed by atoms with van der Waals surface area (Å²) >= 11 is 0. The number of aryl methyl sites for hydroxylation is 1. The molecule has 0 aliphatic carbocycles. The Kier molecular flexibility index (Phi) is 8.47. The summed E-state index contributed by atoms with van der Waals surface area (Å²) in [6, 6.07) is 5.56. The van der Waals surface area contributed by atoms with Gasteiger partial charge in [0.05, 0.1) is 4.90 Å². The molecule has 96 valence electrons. The standard InChI is InChI=1S/C7H9NO2S.CH4N2O.CH2O/c1-6-2-4-7(5-3-6)11(8,9)10;2-1(3)4;1-2/h2-5H,1H3,(H2,8,9,10);(H4,2,3,4);1H2. The minimum Gasteiger partial charge on any atom is -0.352 e. The van der Waals surface area contributed by atoms with Gasteiger partial charge in [-0.15, -0.1) is 0 Å². The second-order valence-electron chi connectivity index (χ2n) is 2.76. The lowest BCUT2D eigenvalue weighted by Gasteiger charge is -1.96. The molecule has 2 amide bonds. The van der Waals surface area contributed by atoms with Crippen LogP contribution in [0.3, 0.4) is 0 Å². The number of nitrogens with two attached hydrogens (primary N) is 3. The molecule has 1 aromatic carbocycles. The summed E-state index contributed by atoms with van der Waals surface area (Å²) in [5.74, 6) is 0. The highest BCUT2D eigenvalue weighted by Gasteiger charge is 2.04. The van der Waals surface area contributed by atoms with Crippen LogP contribution in [-0.4, -0.2) is 21.2 Å². The highest BCUT2D eigenvalue weighted by atomic mass is 32.2. The molecule has 0 saturated heterocycles. The van der Waals surface area contributed by atoms with E-state index < -0.39 is 16.1 Å². The fraction of sp³-hybridized carbons (Fsp3) is 0.111. The summed E-state index contributed by atoms with van der Waals surface area (Å²) in [7, 11) is -3.52. The summed E-state index contributed by atoms with van der Waals surface area (Å²) < 4.78 is 21.4. The van der Waals surface area contributed by atoms with E-state index in [1.807, 2.05) is 13.7 Å². The van der Waals surface area contributed by atoms with Crippen molar-refractivity contribution in [3.05, 3.63) is 29.8 Å². The van der Waals surface area contributed by atoms with E-state index in [4.69, 9.17) is 14.7 Å². The van der Waals surface area contributed by atoms with E-state index in [2.05, 4.69) is 11.5 Å². The van der Waals surface area contributed by atoms with E-state index in [0.29, 0.717) is 0 Å². The van der Waals surface area contributed by atoms with Crippen molar-refractivity contribution in [2.75, 3.05) is 0 Å². The van der Waals surface area contributed by atoms with Gasteiger partial charge in [-0.1, -0.05) is 17.7 Å². The van der Waals surface area contributed by atoms with Crippen LogP contribution < -0.4 is 16.6 Å². The van der Waals surface area contributed by atoms with Crippen molar-refractivity contribution in [1.29, 1.82) is 0 Å². The van der Waals surface area contributed by atoms with Crippen LogP contribution in [0.5, 0.6) is 0 Å². The van der Waals surface area contributed by atoms with E-state index in [-0.39, 0.29) is 4.90 Å². The van der Waals surface area contributed by atoms with E-state index in [1.165, 1.54) is 12.1 Å². The number of sulfonamides is 1. The molecular formula is C9H15N3O4S. The first kappa shape index (κ1) is 17.5. The van der Waals surface area contributed by atoms with Crippen LogP contribution in [0, 0.1) is 6.92 Å². The number of carbonyl (C=O) groups excluding carboxylic acids is 2. The number of hydrogen-bond donors (Lipinski definition) is 3. The van der Waals surface area contributed by atoms with Gasteiger partial charge in [0.15, 0.2) is 0 Å². The summed E-state index contributed by atoms with van der Waals surface area (Å²) in [5, 5.41) is 4.88. The molecule has 0 aliphatic rings. The zero-order valence-electron chi connectivity index (χ0n) is 9.29. The summed E-state index contributed by atoms with van der Waals surface area (Å²) in [4.78, 5) is 17.2. The maximum atomic E-state index is 10.7. The fourth-order valence-corrected chi connectivity index (χ4v) is 1.24. The Hall–Kier alpha value is -1.93. The molecule has 0 bridgehead atoms. The maximum absolute atomic E-state index is 10.7. The smallest absolute Gasteiger partial charge is 0.309 e. The van der Waals surface area contributed by atoms with Gasteiger partial charge < -0.3 is 16.3 Å². The van der Waals surface area contributed by atoms with Crippen LogP contribution in [-0.2, 0) is 14.8 Å². The third-order valence-corrected chi connectivity index (χ3v) is 2.28. The topological polar surface area (TPSA) is 146 Å². The Morgan fingerprint density at radius 2 is 1.41 bits per heavy atom. The lowest BCUT2D eigenvalue weighted by Crippen LogP contribution is -2.18. The molecule has 0 aliphatic heterocycles. The second kappa shape index (κ2) is 8.25. The largest absolute Gasteiger partial charge is 0.352 e. The first-order chi connectivity index (χ1) is 7.73. The number of carbonyl (C=O) groups is 2. The molecule has 0 unspecified atom stereocenters. The van der Waals surface area contributed by atoms with Gasteiger partial charge in [0.1, 0.15) is 6.79 Å². The van der Waals surface area contributed by atoms with Crippen molar-refractivity contribution in [3.8, 4) is 0 Å². The molecule has 0 atom stereocenters. The first-order valence-corrected chi connectivity index (χ1v) is 5.71. The van der Waals surface area contributed by atoms with Crippen molar-refractivity contribution < 1.29 is 18.0 Å². The number of hydrogen-bond acceptors (Lipinski definition) is 4. The van der Waals surface area contributed by atoms with E-state index in [0.717, 1.165) is 5.56 Å². The van der Waals surface area contributed by atoms with Gasteiger partial charge in [0.25, 0.3) is 0 Å². The van der Waals surface area contributed by atoms with Crippen LogP contribution in [0.4, 0.5) is 4.79 Å². The highest BCUT2D eigenvalue weighted by Crippen LogP contribution is 2.06. The molecule has 0 radical (unpaired) electrons. The van der Waals surface area contributed by atoms with Gasteiger partial charge in [-0.3, -0.25) is 0 Å². The molecule has 1 rings (SSSR count). The van der Waals surface area contributed by atoms with Gasteiger partial charge >= 0.3 is 6.03 Å². The molecular weight excluding hydrogens is 246 g/mol. The molecule has 17 heavy (non-hydrogen) atoms. The molecule has 0 fully saturated rings. The Morgan fingerprint density at radius 1 is 1.12 bits per heavy atom. The summed E-state index contributed by atoms with van der Waals surface area (Å²) in [6.07, 6.45) is 0. The molecule has 7 nitrogen and oxygen atoms in total. The Balaban J connectivity index is 0. The van der Waals surface area contributed by atoms with Gasteiger partial charge in [-0.2, -0.15) is 0 Å². The minimum atomic E-state index is -3.52. The predicted octanol–water partition coefficient (Wildman–Crippen LogP) is -0.519. The number of primary sulfonamides is 1. The molecule has 1 aromatic rings. The average molecular weight is 261 g/mol. The van der Waals surface area contributed by atoms with Crippen LogP contribution in [0.15, 0.2) is 29.2 Å². The number of amides is 2. The van der Waals surface area contributed by atoms with Crippen LogP contribution >= 0.6 is 0 Å². The molecule has 0 heterocycles. The molecule has 6 N–H and O–H groups in total. The van der Waals surface area contributed by atoms with E-state index in [1.54, 1.807) is 12.1 Å². The third kappa shape index (κ3) is 10.4. The number of primary amides is 2. The zero-order chi connectivity index (χ0) is 14.1. The Labute approximate surface area is 99.6 Å². The summed E-state index contributed by atoms with van der Waals surface area (Å²) in [6.45, 7) is 3.88. The molecule has 0 spiro atoms. The average Bonchev–Trinajstić information content (AvgIpc) is 2.19. The van der Waals surface area contributed by atoms with Crippen LogP contribution in [0.2, 0.25) is 0 Å². The van der Waals surface area contributed by atoms with Gasteiger partial charge in [-0.25, -0.2) is 18.4 Å². The van der Waals surface area contributed by atoms with Gasteiger partial charge in [0.2, 0.25) is 10.0 Å². The molecule has 8 heteroatoms. The predicted molar refractivity (Wildman–Crippen MR) is 63.4 cm³/mol.